The number of ether oxygens (including phenoxy) is 1. The number of rotatable bonds is 8. The Morgan fingerprint density at radius 1 is 1.32 bits per heavy atom. The molecule has 1 aromatic rings. The highest BCUT2D eigenvalue weighted by molar-refractivity contribution is 5.79. The Bertz CT molecular complexity index is 635. The van der Waals surface area contributed by atoms with E-state index in [0.717, 1.165) is 30.7 Å². The molecule has 1 aliphatic rings. The van der Waals surface area contributed by atoms with Gasteiger partial charge >= 0.3 is 0 Å². The third kappa shape index (κ3) is 6.17. The van der Waals surface area contributed by atoms with Crippen molar-refractivity contribution in [2.45, 2.75) is 66.2 Å². The molecule has 1 saturated heterocycles. The average Bonchev–Trinajstić information content (AvgIpc) is 3.23. The average molecular weight is 394 g/mol. The lowest BCUT2D eigenvalue weighted by molar-refractivity contribution is 0.0205. The molecule has 0 aromatic carbocycles. The second-order valence-electron chi connectivity index (χ2n) is 8.66. The second kappa shape index (κ2) is 10.2. The Hall–Kier alpha value is -1.67. The first-order valence-corrected chi connectivity index (χ1v) is 10.4. The summed E-state index contributed by atoms with van der Waals surface area (Å²) in [5, 5.41) is 15.3. The van der Waals surface area contributed by atoms with Crippen LogP contribution in [0.25, 0.3) is 0 Å². The van der Waals surface area contributed by atoms with E-state index in [2.05, 4.69) is 53.4 Å². The number of guanidine groups is 1. The van der Waals surface area contributed by atoms with E-state index < -0.39 is 0 Å². The van der Waals surface area contributed by atoms with Gasteiger partial charge < -0.3 is 19.9 Å². The molecule has 1 aromatic heterocycles. The van der Waals surface area contributed by atoms with E-state index in [-0.39, 0.29) is 11.5 Å². The van der Waals surface area contributed by atoms with E-state index in [9.17, 15) is 0 Å². The topological polar surface area (TPSA) is 79.6 Å². The minimum atomic E-state index is 0.0536. The fourth-order valence-electron chi connectivity index (χ4n) is 3.60. The molecule has 2 rings (SSSR count). The number of nitrogens with one attached hydrogen (secondary N) is 2. The minimum Gasteiger partial charge on any atom is -0.379 e. The highest BCUT2D eigenvalue weighted by atomic mass is 16.5. The fraction of sp³-hybridized carbons (Fsp3) is 0.850. The van der Waals surface area contributed by atoms with Crippen molar-refractivity contribution in [2.75, 3.05) is 33.3 Å². The maximum Gasteiger partial charge on any atom is 0.191 e. The Morgan fingerprint density at radius 3 is 2.64 bits per heavy atom. The summed E-state index contributed by atoms with van der Waals surface area (Å²) in [4.78, 5) is 7.30. The molecule has 160 valence electrons. The Morgan fingerprint density at radius 2 is 2.07 bits per heavy atom. The molecular formula is C20H39N7O. The van der Waals surface area contributed by atoms with Gasteiger partial charge in [0, 0.05) is 33.3 Å². The molecular weight excluding hydrogens is 354 g/mol. The molecule has 2 heterocycles. The number of aryl methyl sites for hydroxylation is 1. The predicted molar refractivity (Wildman–Crippen MR) is 113 cm³/mol. The van der Waals surface area contributed by atoms with Crippen molar-refractivity contribution >= 4 is 5.96 Å². The van der Waals surface area contributed by atoms with Gasteiger partial charge in [-0.2, -0.15) is 0 Å². The molecule has 0 aliphatic carbocycles. The third-order valence-electron chi connectivity index (χ3n) is 5.68. The third-order valence-corrected chi connectivity index (χ3v) is 5.68. The molecule has 1 fully saturated rings. The number of methoxy groups -OCH3 is 1. The number of likely N-dealkylation sites (tertiary alicyclic amines) is 1. The molecule has 28 heavy (non-hydrogen) atoms. The van der Waals surface area contributed by atoms with Crippen LogP contribution >= 0.6 is 0 Å². The van der Waals surface area contributed by atoms with E-state index in [1.165, 1.54) is 19.4 Å². The molecule has 8 nitrogen and oxygen atoms in total. The van der Waals surface area contributed by atoms with E-state index in [1.807, 2.05) is 18.5 Å². The first-order valence-electron chi connectivity index (χ1n) is 10.4. The van der Waals surface area contributed by atoms with Crippen LogP contribution in [0, 0.1) is 12.3 Å². The van der Waals surface area contributed by atoms with E-state index in [4.69, 9.17) is 9.73 Å². The van der Waals surface area contributed by atoms with Crippen LogP contribution < -0.4 is 10.6 Å². The smallest absolute Gasteiger partial charge is 0.191 e. The lowest BCUT2D eigenvalue weighted by atomic mass is 9.89. The van der Waals surface area contributed by atoms with Gasteiger partial charge in [-0.15, -0.1) is 10.2 Å². The first-order chi connectivity index (χ1) is 13.3. The highest BCUT2D eigenvalue weighted by Gasteiger charge is 2.25. The fourth-order valence-corrected chi connectivity index (χ4v) is 3.60. The maximum absolute atomic E-state index is 5.68. The number of nitrogens with zero attached hydrogens (tertiary/aromatic N) is 5. The van der Waals surface area contributed by atoms with E-state index in [1.54, 1.807) is 7.11 Å². The summed E-state index contributed by atoms with van der Waals surface area (Å²) in [6.07, 6.45) is 2.60. The van der Waals surface area contributed by atoms with Gasteiger partial charge in [-0.3, -0.25) is 4.90 Å². The zero-order chi connectivity index (χ0) is 20.7. The molecule has 0 radical (unpaired) electrons. The molecule has 0 amide bonds. The largest absolute Gasteiger partial charge is 0.379 e. The van der Waals surface area contributed by atoms with Gasteiger partial charge in [-0.25, -0.2) is 4.99 Å². The van der Waals surface area contributed by atoms with Crippen LogP contribution in [-0.2, 0) is 18.3 Å². The van der Waals surface area contributed by atoms with Crippen LogP contribution in [0.15, 0.2) is 4.99 Å². The van der Waals surface area contributed by atoms with Crippen LogP contribution in [0.1, 0.15) is 52.2 Å². The van der Waals surface area contributed by atoms with Crippen LogP contribution in [0.4, 0.5) is 0 Å². The summed E-state index contributed by atoms with van der Waals surface area (Å²) in [5.41, 5.74) is 0.0536. The van der Waals surface area contributed by atoms with Gasteiger partial charge in [-0.05, 0) is 38.3 Å². The summed E-state index contributed by atoms with van der Waals surface area (Å²) in [6, 6.07) is 0.565. The first kappa shape index (κ1) is 22.6. The van der Waals surface area contributed by atoms with E-state index in [0.29, 0.717) is 19.1 Å². The Kier molecular flexibility index (Phi) is 8.24. The van der Waals surface area contributed by atoms with Gasteiger partial charge in [0.25, 0.3) is 0 Å². The molecule has 0 bridgehead atoms. The molecule has 8 heteroatoms. The molecule has 0 saturated carbocycles. The van der Waals surface area contributed by atoms with Gasteiger partial charge in [0.15, 0.2) is 11.8 Å². The van der Waals surface area contributed by atoms with Crippen molar-refractivity contribution in [1.29, 1.82) is 0 Å². The minimum absolute atomic E-state index is 0.0536. The number of hydrogen-bond donors (Lipinski definition) is 2. The van der Waals surface area contributed by atoms with Crippen molar-refractivity contribution in [3.63, 3.8) is 0 Å². The van der Waals surface area contributed by atoms with Crippen LogP contribution in [-0.4, -0.2) is 71.1 Å². The van der Waals surface area contributed by atoms with Crippen LogP contribution in [0.2, 0.25) is 0 Å². The predicted octanol–water partition coefficient (Wildman–Crippen LogP) is 1.70. The number of hydrogen-bond acceptors (Lipinski definition) is 5. The second-order valence-corrected chi connectivity index (χ2v) is 8.66. The number of aliphatic imine (C=N–C) groups is 1. The van der Waals surface area contributed by atoms with Gasteiger partial charge in [0.2, 0.25) is 0 Å². The molecule has 0 spiro atoms. The number of likely N-dealkylation sites (N-methyl/N-ethyl adjacent to an activating group) is 1. The molecule has 2 N–H and O–H groups in total. The number of aromatic nitrogens is 3. The van der Waals surface area contributed by atoms with Crippen LogP contribution in [0.5, 0.6) is 0 Å². The molecule has 2 atom stereocenters. The van der Waals surface area contributed by atoms with Gasteiger partial charge in [0.1, 0.15) is 12.4 Å². The maximum atomic E-state index is 5.68. The summed E-state index contributed by atoms with van der Waals surface area (Å²) in [5.74, 6) is 2.55. The van der Waals surface area contributed by atoms with Gasteiger partial charge in [-0.1, -0.05) is 27.7 Å². The Labute approximate surface area is 170 Å². The molecule has 1 aliphatic heterocycles. The lowest BCUT2D eigenvalue weighted by Gasteiger charge is -2.30. The van der Waals surface area contributed by atoms with E-state index >= 15 is 0 Å². The SMILES string of the molecule is CCN1CCCC1CNC(=NCc1nnc(C)n1C)NCC(OC)C(C)(C)C. The summed E-state index contributed by atoms with van der Waals surface area (Å²) < 4.78 is 7.66. The summed E-state index contributed by atoms with van der Waals surface area (Å²) in [7, 11) is 3.74. The summed E-state index contributed by atoms with van der Waals surface area (Å²) >= 11 is 0. The van der Waals surface area contributed by atoms with Crippen molar-refractivity contribution in [3.8, 4) is 0 Å². The highest BCUT2D eigenvalue weighted by Crippen LogP contribution is 2.21. The summed E-state index contributed by atoms with van der Waals surface area (Å²) in [6.45, 7) is 15.1. The normalized spacial score (nSPS) is 19.8. The zero-order valence-corrected chi connectivity index (χ0v) is 18.7. The monoisotopic (exact) mass is 393 g/mol. The van der Waals surface area contributed by atoms with Crippen LogP contribution in [0.3, 0.4) is 0 Å². The van der Waals surface area contributed by atoms with Gasteiger partial charge in [0.05, 0.1) is 6.10 Å². The van der Waals surface area contributed by atoms with Crippen molar-refractivity contribution in [2.24, 2.45) is 17.5 Å². The lowest BCUT2D eigenvalue weighted by Crippen LogP contribution is -2.48. The molecule has 2 unspecified atom stereocenters. The quantitative estimate of drug-likeness (QED) is 0.517. The Balaban J connectivity index is 2.03. The van der Waals surface area contributed by atoms with Crippen molar-refractivity contribution in [3.05, 3.63) is 11.6 Å². The standard InChI is InChI=1S/C20H39N7O/c1-8-27-11-9-10-16(27)12-21-19(22-13-17(28-7)20(3,4)5)23-14-18-25-24-15(2)26(18)6/h16-17H,8-14H2,1-7H3,(H2,21,22,23). The van der Waals surface area contributed by atoms with Crippen molar-refractivity contribution in [1.82, 2.24) is 30.3 Å². The van der Waals surface area contributed by atoms with Crippen molar-refractivity contribution < 1.29 is 4.74 Å². The zero-order valence-electron chi connectivity index (χ0n) is 18.7.